The number of carbonyl (C=O) groups is 1. The summed E-state index contributed by atoms with van der Waals surface area (Å²) < 4.78 is 5.80. The number of hydrogen-bond donors (Lipinski definition) is 2. The number of hydrogen-bond acceptors (Lipinski definition) is 3. The molecule has 0 radical (unpaired) electrons. The third-order valence-electron chi connectivity index (χ3n) is 4.11. The van der Waals surface area contributed by atoms with Crippen LogP contribution in [0.2, 0.25) is 5.02 Å². The molecule has 0 fully saturated rings. The van der Waals surface area contributed by atoms with Crippen molar-refractivity contribution in [1.29, 1.82) is 0 Å². The Kier molecular flexibility index (Phi) is 5.97. The highest BCUT2D eigenvalue weighted by Crippen LogP contribution is 2.26. The van der Waals surface area contributed by atoms with Gasteiger partial charge in [0.2, 0.25) is 0 Å². The highest BCUT2D eigenvalue weighted by molar-refractivity contribution is 6.34. The van der Waals surface area contributed by atoms with E-state index in [-0.39, 0.29) is 5.56 Å². The number of para-hydroxylation sites is 1. The van der Waals surface area contributed by atoms with Crippen LogP contribution in [0.1, 0.15) is 23.2 Å². The molecule has 0 spiro atoms. The molecule has 134 valence electrons. The zero-order chi connectivity index (χ0) is 18.4. The molecule has 5 heteroatoms. The number of aromatic carboxylic acids is 1. The first kappa shape index (κ1) is 18.1. The van der Waals surface area contributed by atoms with E-state index in [1.165, 1.54) is 5.39 Å². The molecule has 2 N–H and O–H groups in total. The van der Waals surface area contributed by atoms with E-state index in [1.54, 1.807) is 18.2 Å². The van der Waals surface area contributed by atoms with Crippen LogP contribution in [0.25, 0.3) is 10.8 Å². The van der Waals surface area contributed by atoms with E-state index in [0.717, 1.165) is 24.0 Å². The number of unbranched alkanes of at least 4 members (excludes halogenated alkanes) is 1. The largest absolute Gasteiger partial charge is 0.494 e. The summed E-state index contributed by atoms with van der Waals surface area (Å²) in [5.41, 5.74) is 0.655. The van der Waals surface area contributed by atoms with Crippen molar-refractivity contribution < 1.29 is 14.6 Å². The van der Waals surface area contributed by atoms with Crippen molar-refractivity contribution in [3.05, 3.63) is 71.2 Å². The number of carboxylic acids is 1. The highest BCUT2D eigenvalue weighted by atomic mass is 35.5. The van der Waals surface area contributed by atoms with E-state index in [9.17, 15) is 9.90 Å². The van der Waals surface area contributed by atoms with Crippen LogP contribution in [0.5, 0.6) is 5.75 Å². The second kappa shape index (κ2) is 8.59. The minimum absolute atomic E-state index is 0.185. The van der Waals surface area contributed by atoms with Gasteiger partial charge in [0.1, 0.15) is 5.75 Å². The molecule has 0 unspecified atom stereocenters. The third kappa shape index (κ3) is 4.46. The lowest BCUT2D eigenvalue weighted by Gasteiger charge is -2.12. The molecule has 0 aromatic heterocycles. The Balaban J connectivity index is 1.45. The number of ether oxygens (including phenoxy) is 1. The van der Waals surface area contributed by atoms with Crippen LogP contribution in [-0.4, -0.2) is 24.2 Å². The molecule has 0 atom stereocenters. The summed E-state index contributed by atoms with van der Waals surface area (Å²) in [7, 11) is 0. The summed E-state index contributed by atoms with van der Waals surface area (Å²) in [6, 6.07) is 19.1. The average molecular weight is 370 g/mol. The van der Waals surface area contributed by atoms with Gasteiger partial charge < -0.3 is 15.2 Å². The molecule has 0 heterocycles. The Morgan fingerprint density at radius 3 is 2.62 bits per heavy atom. The zero-order valence-electron chi connectivity index (χ0n) is 14.2. The van der Waals surface area contributed by atoms with Gasteiger partial charge >= 0.3 is 5.97 Å². The minimum Gasteiger partial charge on any atom is -0.494 e. The number of halogens is 1. The number of carboxylic acid groups (broad SMARTS) is 1. The van der Waals surface area contributed by atoms with Crippen LogP contribution in [0.4, 0.5) is 5.69 Å². The first-order valence-corrected chi connectivity index (χ1v) is 8.90. The predicted molar refractivity (Wildman–Crippen MR) is 106 cm³/mol. The summed E-state index contributed by atoms with van der Waals surface area (Å²) >= 11 is 6.09. The Labute approximate surface area is 157 Å². The molecule has 3 aromatic rings. The van der Waals surface area contributed by atoms with Gasteiger partial charge in [-0.2, -0.15) is 0 Å². The molecule has 3 aromatic carbocycles. The number of nitrogens with one attached hydrogen (secondary N) is 1. The number of rotatable bonds is 8. The maximum atomic E-state index is 11.2. The monoisotopic (exact) mass is 369 g/mol. The molecule has 26 heavy (non-hydrogen) atoms. The van der Waals surface area contributed by atoms with E-state index in [0.29, 0.717) is 23.9 Å². The lowest BCUT2D eigenvalue weighted by Crippen LogP contribution is -2.09. The van der Waals surface area contributed by atoms with Crippen LogP contribution in [-0.2, 0) is 0 Å². The van der Waals surface area contributed by atoms with Gasteiger partial charge in [0.15, 0.2) is 0 Å². The van der Waals surface area contributed by atoms with Crippen LogP contribution in [0.15, 0.2) is 60.7 Å². The van der Waals surface area contributed by atoms with Crippen molar-refractivity contribution in [2.75, 3.05) is 18.5 Å². The Morgan fingerprint density at radius 2 is 1.81 bits per heavy atom. The highest BCUT2D eigenvalue weighted by Gasteiger charge is 2.12. The zero-order valence-corrected chi connectivity index (χ0v) is 15.0. The number of anilines is 1. The van der Waals surface area contributed by atoms with E-state index in [4.69, 9.17) is 16.3 Å². The standard InChI is InChI=1S/C21H20ClNO3/c22-19-9-5-8-18(21(24)25)20(19)23-12-3-4-13-26-17-11-10-15-6-1-2-7-16(15)14-17/h1-2,5-11,14,23H,3-4,12-13H2,(H,24,25). The van der Waals surface area contributed by atoms with Crippen molar-refractivity contribution in [2.24, 2.45) is 0 Å². The van der Waals surface area contributed by atoms with Crippen LogP contribution in [0, 0.1) is 0 Å². The van der Waals surface area contributed by atoms with Crippen molar-refractivity contribution >= 4 is 34.0 Å². The molecule has 0 saturated carbocycles. The summed E-state index contributed by atoms with van der Waals surface area (Å²) in [5, 5.41) is 15.1. The molecule has 0 amide bonds. The second-order valence-corrected chi connectivity index (χ2v) is 6.37. The van der Waals surface area contributed by atoms with Gasteiger partial charge in [-0.05, 0) is 47.9 Å². The van der Waals surface area contributed by atoms with Gasteiger partial charge in [-0.25, -0.2) is 4.79 Å². The van der Waals surface area contributed by atoms with Gasteiger partial charge in [0, 0.05) is 6.54 Å². The second-order valence-electron chi connectivity index (χ2n) is 5.96. The maximum Gasteiger partial charge on any atom is 0.337 e. The summed E-state index contributed by atoms with van der Waals surface area (Å²) in [5.74, 6) is -0.134. The van der Waals surface area contributed by atoms with Gasteiger partial charge in [0.25, 0.3) is 0 Å². The van der Waals surface area contributed by atoms with Crippen molar-refractivity contribution in [3.63, 3.8) is 0 Å². The van der Waals surface area contributed by atoms with E-state index < -0.39 is 5.97 Å². The number of fused-ring (bicyclic) bond motifs is 1. The lowest BCUT2D eigenvalue weighted by atomic mass is 10.1. The maximum absolute atomic E-state index is 11.2. The normalized spacial score (nSPS) is 10.7. The molecule has 3 rings (SSSR count). The fourth-order valence-electron chi connectivity index (χ4n) is 2.77. The fraction of sp³-hybridized carbons (Fsp3) is 0.190. The van der Waals surface area contributed by atoms with Crippen LogP contribution in [0.3, 0.4) is 0 Å². The van der Waals surface area contributed by atoms with E-state index >= 15 is 0 Å². The molecule has 0 aliphatic carbocycles. The van der Waals surface area contributed by atoms with Crippen LogP contribution < -0.4 is 10.1 Å². The topological polar surface area (TPSA) is 58.6 Å². The van der Waals surface area contributed by atoms with E-state index in [2.05, 4.69) is 23.5 Å². The van der Waals surface area contributed by atoms with E-state index in [1.807, 2.05) is 24.3 Å². The summed E-state index contributed by atoms with van der Waals surface area (Å²) in [6.07, 6.45) is 1.70. The molecular weight excluding hydrogens is 350 g/mol. The summed E-state index contributed by atoms with van der Waals surface area (Å²) in [4.78, 5) is 11.2. The van der Waals surface area contributed by atoms with Crippen molar-refractivity contribution in [3.8, 4) is 5.75 Å². The minimum atomic E-state index is -0.991. The molecule has 0 aliphatic rings. The average Bonchev–Trinajstić information content (AvgIpc) is 2.65. The van der Waals surface area contributed by atoms with Gasteiger partial charge in [0.05, 0.1) is 22.9 Å². The lowest BCUT2D eigenvalue weighted by molar-refractivity contribution is 0.0698. The van der Waals surface area contributed by atoms with Crippen LogP contribution >= 0.6 is 11.6 Å². The predicted octanol–water partition coefficient (Wildman–Crippen LogP) is 5.46. The first-order chi connectivity index (χ1) is 12.6. The Morgan fingerprint density at radius 1 is 1.00 bits per heavy atom. The molecule has 0 saturated heterocycles. The van der Waals surface area contributed by atoms with Gasteiger partial charge in [-0.3, -0.25) is 0 Å². The SMILES string of the molecule is O=C(O)c1cccc(Cl)c1NCCCCOc1ccc2ccccc2c1. The van der Waals surface area contributed by atoms with Gasteiger partial charge in [-0.1, -0.05) is 48.0 Å². The summed E-state index contributed by atoms with van der Waals surface area (Å²) in [6.45, 7) is 1.24. The molecule has 4 nitrogen and oxygen atoms in total. The quantitative estimate of drug-likeness (QED) is 0.517. The smallest absolute Gasteiger partial charge is 0.337 e. The molecule has 0 bridgehead atoms. The Bertz CT molecular complexity index is 911. The van der Waals surface area contributed by atoms with Crippen molar-refractivity contribution in [1.82, 2.24) is 0 Å². The fourth-order valence-corrected chi connectivity index (χ4v) is 3.01. The Hall–Kier alpha value is -2.72. The van der Waals surface area contributed by atoms with Crippen molar-refractivity contribution in [2.45, 2.75) is 12.8 Å². The molecule has 0 aliphatic heterocycles. The first-order valence-electron chi connectivity index (χ1n) is 8.52. The molecular formula is C21H20ClNO3. The third-order valence-corrected chi connectivity index (χ3v) is 4.42. The number of benzene rings is 3. The van der Waals surface area contributed by atoms with Gasteiger partial charge in [-0.15, -0.1) is 0 Å².